The standard InChI is InChI=1S/C15H16N4O2/c1-3-8-16-14-10-17-13(9-18-14)15(20)19-11-4-6-12(21-2)7-5-11/h3-7,9-10H,1,8H2,2H3,(H,16,18)(H,19,20). The number of nitrogens with one attached hydrogen (secondary N) is 2. The van der Waals surface area contributed by atoms with Crippen LogP contribution in [0.2, 0.25) is 0 Å². The van der Waals surface area contributed by atoms with E-state index in [9.17, 15) is 4.79 Å². The van der Waals surface area contributed by atoms with Gasteiger partial charge in [0.25, 0.3) is 5.91 Å². The lowest BCUT2D eigenvalue weighted by Crippen LogP contribution is -2.14. The maximum absolute atomic E-state index is 12.0. The first kappa shape index (κ1) is 14.5. The highest BCUT2D eigenvalue weighted by atomic mass is 16.5. The molecule has 1 amide bonds. The molecule has 0 fully saturated rings. The van der Waals surface area contributed by atoms with Gasteiger partial charge in [-0.05, 0) is 24.3 Å². The fourth-order valence-corrected chi connectivity index (χ4v) is 1.58. The number of methoxy groups -OCH3 is 1. The maximum atomic E-state index is 12.0. The van der Waals surface area contributed by atoms with E-state index >= 15 is 0 Å². The number of hydrogen-bond donors (Lipinski definition) is 2. The molecule has 0 spiro atoms. The third-order valence-corrected chi connectivity index (χ3v) is 2.66. The van der Waals surface area contributed by atoms with Crippen LogP contribution in [0, 0.1) is 0 Å². The van der Waals surface area contributed by atoms with Gasteiger partial charge in [-0.2, -0.15) is 0 Å². The topological polar surface area (TPSA) is 76.1 Å². The molecule has 1 heterocycles. The number of carbonyl (C=O) groups is 1. The Labute approximate surface area is 122 Å². The molecule has 0 saturated heterocycles. The van der Waals surface area contributed by atoms with Crippen molar-refractivity contribution in [2.45, 2.75) is 0 Å². The van der Waals surface area contributed by atoms with E-state index in [1.165, 1.54) is 12.4 Å². The SMILES string of the molecule is C=CCNc1cnc(C(=O)Nc2ccc(OC)cc2)cn1. The number of hydrogen-bond acceptors (Lipinski definition) is 5. The Bertz CT molecular complexity index is 609. The third-order valence-electron chi connectivity index (χ3n) is 2.66. The summed E-state index contributed by atoms with van der Waals surface area (Å²) in [6.07, 6.45) is 4.64. The van der Waals surface area contributed by atoms with Crippen molar-refractivity contribution >= 4 is 17.4 Å². The summed E-state index contributed by atoms with van der Waals surface area (Å²) in [5, 5.41) is 5.72. The molecule has 0 radical (unpaired) electrons. The van der Waals surface area contributed by atoms with Gasteiger partial charge in [0.05, 0.1) is 19.5 Å². The van der Waals surface area contributed by atoms with Crippen LogP contribution in [0.3, 0.4) is 0 Å². The van der Waals surface area contributed by atoms with Gasteiger partial charge in [-0.15, -0.1) is 6.58 Å². The Morgan fingerprint density at radius 1 is 1.29 bits per heavy atom. The monoisotopic (exact) mass is 284 g/mol. The summed E-state index contributed by atoms with van der Waals surface area (Å²) in [6.45, 7) is 4.19. The van der Waals surface area contributed by atoms with Crippen LogP contribution in [0.1, 0.15) is 10.5 Å². The van der Waals surface area contributed by atoms with Gasteiger partial charge in [-0.25, -0.2) is 9.97 Å². The molecule has 108 valence electrons. The van der Waals surface area contributed by atoms with Crippen molar-refractivity contribution in [1.29, 1.82) is 0 Å². The van der Waals surface area contributed by atoms with Crippen molar-refractivity contribution in [3.05, 3.63) is 55.0 Å². The first-order valence-corrected chi connectivity index (χ1v) is 6.35. The molecule has 0 saturated carbocycles. The molecule has 2 rings (SSSR count). The molecule has 1 aromatic carbocycles. The molecule has 0 bridgehead atoms. The number of anilines is 2. The third kappa shape index (κ3) is 4.04. The second-order valence-corrected chi connectivity index (χ2v) is 4.14. The van der Waals surface area contributed by atoms with Crippen LogP contribution >= 0.6 is 0 Å². The lowest BCUT2D eigenvalue weighted by Gasteiger charge is -2.06. The molecule has 2 aromatic rings. The molecule has 6 heteroatoms. The summed E-state index contributed by atoms with van der Waals surface area (Å²) in [7, 11) is 1.59. The molecule has 0 aliphatic rings. The highest BCUT2D eigenvalue weighted by molar-refractivity contribution is 6.02. The van der Waals surface area contributed by atoms with E-state index in [4.69, 9.17) is 4.74 Å². The van der Waals surface area contributed by atoms with Crippen molar-refractivity contribution in [3.8, 4) is 5.75 Å². The molecule has 21 heavy (non-hydrogen) atoms. The van der Waals surface area contributed by atoms with Crippen LogP contribution in [-0.2, 0) is 0 Å². The second-order valence-electron chi connectivity index (χ2n) is 4.14. The zero-order chi connectivity index (χ0) is 15.1. The number of nitrogens with zero attached hydrogens (tertiary/aromatic N) is 2. The molecule has 0 aliphatic carbocycles. The van der Waals surface area contributed by atoms with Crippen LogP contribution in [0.25, 0.3) is 0 Å². The molecule has 6 nitrogen and oxygen atoms in total. The van der Waals surface area contributed by atoms with E-state index in [2.05, 4.69) is 27.2 Å². The average Bonchev–Trinajstić information content (AvgIpc) is 2.54. The average molecular weight is 284 g/mol. The summed E-state index contributed by atoms with van der Waals surface area (Å²) in [4.78, 5) is 20.2. The summed E-state index contributed by atoms with van der Waals surface area (Å²) in [6, 6.07) is 7.04. The molecular weight excluding hydrogens is 268 g/mol. The minimum Gasteiger partial charge on any atom is -0.497 e. The molecule has 2 N–H and O–H groups in total. The van der Waals surface area contributed by atoms with E-state index in [-0.39, 0.29) is 11.6 Å². The fourth-order valence-electron chi connectivity index (χ4n) is 1.58. The quantitative estimate of drug-likeness (QED) is 0.796. The highest BCUT2D eigenvalue weighted by Crippen LogP contribution is 2.15. The Hall–Kier alpha value is -2.89. The lowest BCUT2D eigenvalue weighted by atomic mass is 10.3. The van der Waals surface area contributed by atoms with Crippen LogP contribution in [-0.4, -0.2) is 29.5 Å². The van der Waals surface area contributed by atoms with E-state index in [1.807, 2.05) is 0 Å². The Balaban J connectivity index is 2.00. The summed E-state index contributed by atoms with van der Waals surface area (Å²) >= 11 is 0. The first-order chi connectivity index (χ1) is 10.2. The van der Waals surface area contributed by atoms with Crippen molar-refractivity contribution in [1.82, 2.24) is 9.97 Å². The van der Waals surface area contributed by atoms with E-state index in [1.54, 1.807) is 37.5 Å². The largest absolute Gasteiger partial charge is 0.497 e. The van der Waals surface area contributed by atoms with Gasteiger partial charge in [0, 0.05) is 12.2 Å². The number of rotatable bonds is 6. The normalized spacial score (nSPS) is 9.76. The summed E-state index contributed by atoms with van der Waals surface area (Å²) < 4.78 is 5.06. The zero-order valence-corrected chi connectivity index (χ0v) is 11.7. The van der Waals surface area contributed by atoms with Crippen LogP contribution in [0.15, 0.2) is 49.3 Å². The Kier molecular flexibility index (Phi) is 4.87. The first-order valence-electron chi connectivity index (χ1n) is 6.35. The minimum atomic E-state index is -0.317. The summed E-state index contributed by atoms with van der Waals surface area (Å²) in [5.41, 5.74) is 0.909. The van der Waals surface area contributed by atoms with Crippen molar-refractivity contribution < 1.29 is 9.53 Å². The predicted octanol–water partition coefficient (Wildman–Crippen LogP) is 2.34. The molecule has 0 atom stereocenters. The Morgan fingerprint density at radius 2 is 2.05 bits per heavy atom. The van der Waals surface area contributed by atoms with Crippen molar-refractivity contribution in [2.24, 2.45) is 0 Å². The lowest BCUT2D eigenvalue weighted by molar-refractivity contribution is 0.102. The molecule has 0 unspecified atom stereocenters. The maximum Gasteiger partial charge on any atom is 0.275 e. The van der Waals surface area contributed by atoms with Gasteiger partial charge >= 0.3 is 0 Å². The number of benzene rings is 1. The minimum absolute atomic E-state index is 0.245. The van der Waals surface area contributed by atoms with Gasteiger partial charge in [0.2, 0.25) is 0 Å². The predicted molar refractivity (Wildman–Crippen MR) is 81.7 cm³/mol. The second kappa shape index (κ2) is 7.04. The van der Waals surface area contributed by atoms with Crippen LogP contribution < -0.4 is 15.4 Å². The number of carbonyl (C=O) groups excluding carboxylic acids is 1. The smallest absolute Gasteiger partial charge is 0.275 e. The summed E-state index contributed by atoms with van der Waals surface area (Å²) in [5.74, 6) is 1.00. The van der Waals surface area contributed by atoms with Crippen LogP contribution in [0.5, 0.6) is 5.75 Å². The van der Waals surface area contributed by atoms with Gasteiger partial charge < -0.3 is 15.4 Å². The highest BCUT2D eigenvalue weighted by Gasteiger charge is 2.08. The van der Waals surface area contributed by atoms with Gasteiger partial charge in [-0.1, -0.05) is 6.08 Å². The molecule has 1 aromatic heterocycles. The van der Waals surface area contributed by atoms with E-state index in [0.717, 1.165) is 5.75 Å². The van der Waals surface area contributed by atoms with Gasteiger partial charge in [-0.3, -0.25) is 4.79 Å². The van der Waals surface area contributed by atoms with E-state index in [0.29, 0.717) is 18.1 Å². The number of amides is 1. The number of ether oxygens (including phenoxy) is 1. The van der Waals surface area contributed by atoms with Gasteiger partial charge in [0.15, 0.2) is 0 Å². The molecular formula is C15H16N4O2. The van der Waals surface area contributed by atoms with Gasteiger partial charge in [0.1, 0.15) is 17.3 Å². The van der Waals surface area contributed by atoms with Crippen LogP contribution in [0.4, 0.5) is 11.5 Å². The molecule has 0 aliphatic heterocycles. The fraction of sp³-hybridized carbons (Fsp3) is 0.133. The Morgan fingerprint density at radius 3 is 2.62 bits per heavy atom. The zero-order valence-electron chi connectivity index (χ0n) is 11.7. The van der Waals surface area contributed by atoms with Crippen molar-refractivity contribution in [3.63, 3.8) is 0 Å². The van der Waals surface area contributed by atoms with Crippen molar-refractivity contribution in [2.75, 3.05) is 24.3 Å². The number of aromatic nitrogens is 2. The van der Waals surface area contributed by atoms with E-state index < -0.39 is 0 Å².